The number of rotatable bonds is 7. The average molecular weight is 468 g/mol. The van der Waals surface area contributed by atoms with Gasteiger partial charge in [0.2, 0.25) is 0 Å². The van der Waals surface area contributed by atoms with Crippen molar-refractivity contribution in [3.63, 3.8) is 0 Å². The molecule has 2 aromatic rings. The lowest BCUT2D eigenvalue weighted by Crippen LogP contribution is -2.43. The van der Waals surface area contributed by atoms with Crippen molar-refractivity contribution < 1.29 is 29.0 Å². The summed E-state index contributed by atoms with van der Waals surface area (Å²) in [6.45, 7) is 5.27. The fourth-order valence-corrected chi connectivity index (χ4v) is 3.54. The van der Waals surface area contributed by atoms with E-state index in [4.69, 9.17) is 9.47 Å². The molecule has 0 spiro atoms. The maximum atomic E-state index is 12.9. The minimum atomic E-state index is -0.807. The van der Waals surface area contributed by atoms with Crippen LogP contribution in [0.25, 0.3) is 11.1 Å². The van der Waals surface area contributed by atoms with Gasteiger partial charge in [-0.2, -0.15) is 0 Å². The van der Waals surface area contributed by atoms with E-state index in [9.17, 15) is 19.5 Å². The summed E-state index contributed by atoms with van der Waals surface area (Å²) in [7, 11) is 1.58. The number of nitrogens with one attached hydrogen (secondary N) is 1. The summed E-state index contributed by atoms with van der Waals surface area (Å²) in [4.78, 5) is 42.9. The van der Waals surface area contributed by atoms with Crippen molar-refractivity contribution in [2.75, 3.05) is 20.2 Å². The Kier molecular flexibility index (Phi) is 7.55. The van der Waals surface area contributed by atoms with Crippen LogP contribution in [0, 0.1) is 0 Å². The molecule has 9 heteroatoms. The molecule has 180 valence electrons. The Morgan fingerprint density at radius 1 is 1.18 bits per heavy atom. The maximum Gasteiger partial charge on any atom is 0.325 e. The standard InChI is InChI=1S/C25H29N3O6/c1-25(2,3)34-21(30)14-27-23(31)22-19(29)10-12-28(24(22)32)15-16-5-7-17(8-6-16)18-9-11-26-13-20(18)33-4/h5-9,11,13,29H,10,12,14-15H2,1-4H3,(H,27,31). The van der Waals surface area contributed by atoms with Crippen LogP contribution in [0.1, 0.15) is 32.8 Å². The molecular formula is C25H29N3O6. The van der Waals surface area contributed by atoms with Crippen molar-refractivity contribution in [3.05, 3.63) is 59.6 Å². The fraction of sp³-hybridized carbons (Fsp3) is 0.360. The van der Waals surface area contributed by atoms with E-state index in [0.29, 0.717) is 5.75 Å². The number of esters is 1. The van der Waals surface area contributed by atoms with E-state index >= 15 is 0 Å². The second-order valence-corrected chi connectivity index (χ2v) is 8.84. The van der Waals surface area contributed by atoms with E-state index < -0.39 is 29.9 Å². The number of carbonyl (C=O) groups excluding carboxylic acids is 3. The number of benzene rings is 1. The van der Waals surface area contributed by atoms with Crippen LogP contribution in [0.15, 0.2) is 54.1 Å². The average Bonchev–Trinajstić information content (AvgIpc) is 2.79. The van der Waals surface area contributed by atoms with Crippen molar-refractivity contribution >= 4 is 17.8 Å². The van der Waals surface area contributed by atoms with Gasteiger partial charge < -0.3 is 24.8 Å². The van der Waals surface area contributed by atoms with E-state index in [1.807, 2.05) is 30.3 Å². The highest BCUT2D eigenvalue weighted by atomic mass is 16.6. The summed E-state index contributed by atoms with van der Waals surface area (Å²) in [5.74, 6) is -1.66. The van der Waals surface area contributed by atoms with E-state index in [2.05, 4.69) is 10.3 Å². The van der Waals surface area contributed by atoms with E-state index in [1.54, 1.807) is 40.3 Å². The number of amides is 2. The molecule has 1 aromatic heterocycles. The number of hydrogen-bond donors (Lipinski definition) is 2. The van der Waals surface area contributed by atoms with Gasteiger partial charge in [0.05, 0.1) is 13.3 Å². The van der Waals surface area contributed by atoms with Crippen LogP contribution in [0.2, 0.25) is 0 Å². The summed E-state index contributed by atoms with van der Waals surface area (Å²) in [5.41, 5.74) is 1.65. The third kappa shape index (κ3) is 6.12. The van der Waals surface area contributed by atoms with Crippen LogP contribution in [0.4, 0.5) is 0 Å². The van der Waals surface area contributed by atoms with Crippen molar-refractivity contribution in [2.24, 2.45) is 0 Å². The zero-order chi connectivity index (χ0) is 24.9. The molecule has 1 aromatic carbocycles. The number of carbonyl (C=O) groups is 3. The third-order valence-corrected chi connectivity index (χ3v) is 5.09. The minimum Gasteiger partial charge on any atom is -0.511 e. The maximum absolute atomic E-state index is 12.9. The quantitative estimate of drug-likeness (QED) is 0.475. The first-order valence-corrected chi connectivity index (χ1v) is 10.9. The summed E-state index contributed by atoms with van der Waals surface area (Å²) < 4.78 is 10.5. The molecule has 2 amide bonds. The van der Waals surface area contributed by atoms with Crippen LogP contribution in [-0.4, -0.2) is 58.6 Å². The number of aliphatic hydroxyl groups is 1. The first-order valence-electron chi connectivity index (χ1n) is 10.9. The van der Waals surface area contributed by atoms with E-state index in [0.717, 1.165) is 16.7 Å². The third-order valence-electron chi connectivity index (χ3n) is 5.09. The smallest absolute Gasteiger partial charge is 0.325 e. The highest BCUT2D eigenvalue weighted by Crippen LogP contribution is 2.29. The van der Waals surface area contributed by atoms with Crippen LogP contribution in [0.3, 0.4) is 0 Å². The second kappa shape index (κ2) is 10.4. The largest absolute Gasteiger partial charge is 0.511 e. The number of aliphatic hydroxyl groups excluding tert-OH is 1. The molecular weight excluding hydrogens is 438 g/mol. The summed E-state index contributed by atoms with van der Waals surface area (Å²) >= 11 is 0. The number of nitrogens with zero attached hydrogens (tertiary/aromatic N) is 2. The van der Waals surface area contributed by atoms with Crippen molar-refractivity contribution in [1.82, 2.24) is 15.2 Å². The zero-order valence-corrected chi connectivity index (χ0v) is 19.8. The van der Waals surface area contributed by atoms with E-state index in [1.165, 1.54) is 4.90 Å². The molecule has 9 nitrogen and oxygen atoms in total. The molecule has 0 saturated carbocycles. The molecule has 0 saturated heterocycles. The number of ether oxygens (including phenoxy) is 2. The van der Waals surface area contributed by atoms with Crippen LogP contribution in [0.5, 0.6) is 5.75 Å². The molecule has 0 radical (unpaired) electrons. The summed E-state index contributed by atoms with van der Waals surface area (Å²) in [6.07, 6.45) is 3.48. The lowest BCUT2D eigenvalue weighted by molar-refractivity contribution is -0.154. The van der Waals surface area contributed by atoms with Gasteiger partial charge in [0, 0.05) is 31.3 Å². The number of aromatic nitrogens is 1. The Morgan fingerprint density at radius 2 is 1.88 bits per heavy atom. The summed E-state index contributed by atoms with van der Waals surface area (Å²) in [5, 5.41) is 12.6. The van der Waals surface area contributed by atoms with Crippen molar-refractivity contribution in [2.45, 2.75) is 39.3 Å². The van der Waals surface area contributed by atoms with E-state index in [-0.39, 0.29) is 30.8 Å². The first kappa shape index (κ1) is 24.8. The lowest BCUT2D eigenvalue weighted by Gasteiger charge is -2.28. The van der Waals surface area contributed by atoms with Gasteiger partial charge in [-0.25, -0.2) is 0 Å². The first-order chi connectivity index (χ1) is 16.1. The van der Waals surface area contributed by atoms with Crippen molar-refractivity contribution in [3.8, 4) is 16.9 Å². The zero-order valence-electron chi connectivity index (χ0n) is 19.8. The van der Waals surface area contributed by atoms with Crippen LogP contribution < -0.4 is 10.1 Å². The SMILES string of the molecule is COc1cnccc1-c1ccc(CN2CCC(O)=C(C(=O)NCC(=O)OC(C)(C)C)C2=O)cc1. The van der Waals surface area contributed by atoms with Crippen LogP contribution in [-0.2, 0) is 25.7 Å². The highest BCUT2D eigenvalue weighted by Gasteiger charge is 2.32. The van der Waals surface area contributed by atoms with Gasteiger partial charge in [-0.1, -0.05) is 24.3 Å². The molecule has 34 heavy (non-hydrogen) atoms. The molecule has 0 unspecified atom stereocenters. The van der Waals surface area contributed by atoms with Gasteiger partial charge in [-0.15, -0.1) is 0 Å². The molecule has 0 fully saturated rings. The molecule has 0 bridgehead atoms. The normalized spacial score (nSPS) is 14.1. The summed E-state index contributed by atoms with van der Waals surface area (Å²) in [6, 6.07) is 9.48. The van der Waals surface area contributed by atoms with Crippen LogP contribution >= 0.6 is 0 Å². The lowest BCUT2D eigenvalue weighted by atomic mass is 10.0. The molecule has 3 rings (SSSR count). The molecule has 0 aliphatic carbocycles. The monoisotopic (exact) mass is 467 g/mol. The van der Waals surface area contributed by atoms with Gasteiger partial charge in [0.1, 0.15) is 29.2 Å². The van der Waals surface area contributed by atoms with Gasteiger partial charge in [0.25, 0.3) is 11.8 Å². The van der Waals surface area contributed by atoms with Gasteiger partial charge >= 0.3 is 5.97 Å². The second-order valence-electron chi connectivity index (χ2n) is 8.84. The molecule has 1 aliphatic heterocycles. The minimum absolute atomic E-state index is 0.146. The number of hydrogen-bond acceptors (Lipinski definition) is 7. The predicted molar refractivity (Wildman–Crippen MR) is 125 cm³/mol. The number of pyridine rings is 1. The Bertz CT molecular complexity index is 1100. The van der Waals surface area contributed by atoms with Gasteiger partial charge in [-0.05, 0) is 38.0 Å². The highest BCUT2D eigenvalue weighted by molar-refractivity contribution is 6.19. The Balaban J connectivity index is 1.66. The van der Waals surface area contributed by atoms with Gasteiger partial charge in [-0.3, -0.25) is 19.4 Å². The molecule has 1 aliphatic rings. The number of methoxy groups -OCH3 is 1. The topological polar surface area (TPSA) is 118 Å². The van der Waals surface area contributed by atoms with Gasteiger partial charge in [0.15, 0.2) is 0 Å². The fourth-order valence-electron chi connectivity index (χ4n) is 3.54. The molecule has 2 N–H and O–H groups in total. The predicted octanol–water partition coefficient (Wildman–Crippen LogP) is 2.76. The Morgan fingerprint density at radius 3 is 2.53 bits per heavy atom. The van der Waals surface area contributed by atoms with Crippen molar-refractivity contribution in [1.29, 1.82) is 0 Å². The molecule has 0 atom stereocenters. The Labute approximate surface area is 198 Å². The Hall–Kier alpha value is -3.88. The molecule has 2 heterocycles.